The summed E-state index contributed by atoms with van der Waals surface area (Å²) in [6.07, 6.45) is 9.80. The first-order chi connectivity index (χ1) is 12.9. The van der Waals surface area contributed by atoms with Gasteiger partial charge in [0.2, 0.25) is 15.9 Å². The minimum absolute atomic E-state index is 0.0764. The van der Waals surface area contributed by atoms with Crippen molar-refractivity contribution in [3.63, 3.8) is 0 Å². The highest BCUT2D eigenvalue weighted by molar-refractivity contribution is 7.98. The SMILES string of the molecule is CSCCC(NS(=O)(=O)c1ccccc1F)C(=O)NC1CCCCCCC1. The van der Waals surface area contributed by atoms with Crippen LogP contribution in [0, 0.1) is 5.82 Å². The molecule has 0 heterocycles. The van der Waals surface area contributed by atoms with Crippen LogP contribution in [0.1, 0.15) is 51.4 Å². The van der Waals surface area contributed by atoms with Crippen molar-refractivity contribution in [1.82, 2.24) is 10.0 Å². The minimum atomic E-state index is -4.11. The number of halogens is 1. The Balaban J connectivity index is 2.09. The third kappa shape index (κ3) is 7.08. The predicted molar refractivity (Wildman–Crippen MR) is 108 cm³/mol. The first-order valence-corrected chi connectivity index (χ1v) is 12.4. The molecule has 152 valence electrons. The van der Waals surface area contributed by atoms with Gasteiger partial charge in [-0.05, 0) is 43.4 Å². The predicted octanol–water partition coefficient (Wildman–Crippen LogP) is 3.45. The van der Waals surface area contributed by atoms with Crippen LogP contribution >= 0.6 is 11.8 Å². The third-order valence-electron chi connectivity index (χ3n) is 4.80. The fraction of sp³-hybridized carbons (Fsp3) is 0.632. The van der Waals surface area contributed by atoms with Gasteiger partial charge in [-0.3, -0.25) is 4.79 Å². The lowest BCUT2D eigenvalue weighted by Gasteiger charge is -2.24. The fourth-order valence-corrected chi connectivity index (χ4v) is 5.08. The molecule has 0 bridgehead atoms. The number of hydrogen-bond acceptors (Lipinski definition) is 4. The average Bonchev–Trinajstić information content (AvgIpc) is 2.60. The zero-order chi connectivity index (χ0) is 19.7. The van der Waals surface area contributed by atoms with Crippen molar-refractivity contribution in [2.75, 3.05) is 12.0 Å². The highest BCUT2D eigenvalue weighted by Gasteiger charge is 2.28. The number of benzene rings is 1. The number of thioether (sulfide) groups is 1. The van der Waals surface area contributed by atoms with E-state index in [0.717, 1.165) is 31.7 Å². The monoisotopic (exact) mass is 416 g/mol. The summed E-state index contributed by atoms with van der Waals surface area (Å²) in [5.74, 6) is -0.522. The van der Waals surface area contributed by atoms with Crippen LogP contribution in [0.25, 0.3) is 0 Å². The second-order valence-corrected chi connectivity index (χ2v) is 9.60. The summed E-state index contributed by atoms with van der Waals surface area (Å²) < 4.78 is 41.5. The Morgan fingerprint density at radius 3 is 2.44 bits per heavy atom. The van der Waals surface area contributed by atoms with Gasteiger partial charge >= 0.3 is 0 Å². The van der Waals surface area contributed by atoms with E-state index in [1.54, 1.807) is 0 Å². The Morgan fingerprint density at radius 1 is 1.19 bits per heavy atom. The zero-order valence-electron chi connectivity index (χ0n) is 15.7. The molecule has 1 unspecified atom stereocenters. The largest absolute Gasteiger partial charge is 0.352 e. The number of carbonyl (C=O) groups is 1. The summed E-state index contributed by atoms with van der Waals surface area (Å²) in [6, 6.07) is 4.36. The van der Waals surface area contributed by atoms with Crippen molar-refractivity contribution in [3.05, 3.63) is 30.1 Å². The van der Waals surface area contributed by atoms with Crippen molar-refractivity contribution in [2.45, 2.75) is 68.3 Å². The number of hydrogen-bond donors (Lipinski definition) is 2. The molecule has 1 saturated carbocycles. The molecule has 27 heavy (non-hydrogen) atoms. The van der Waals surface area contributed by atoms with Crippen molar-refractivity contribution >= 4 is 27.7 Å². The van der Waals surface area contributed by atoms with Gasteiger partial charge in [-0.2, -0.15) is 16.5 Å². The molecule has 1 amide bonds. The van der Waals surface area contributed by atoms with E-state index < -0.39 is 26.8 Å². The standard InChI is InChI=1S/C19H29FN2O3S2/c1-26-14-13-17(19(23)21-15-9-5-3-2-4-6-10-15)22-27(24,25)18-12-8-7-11-16(18)20/h7-8,11-12,15,17,22H,2-6,9-10,13-14H2,1H3,(H,21,23). The summed E-state index contributed by atoms with van der Waals surface area (Å²) in [5, 5.41) is 3.02. The van der Waals surface area contributed by atoms with Crippen LogP contribution in [0.15, 0.2) is 29.2 Å². The molecule has 0 aliphatic heterocycles. The van der Waals surface area contributed by atoms with Gasteiger partial charge in [-0.1, -0.05) is 44.2 Å². The first-order valence-electron chi connectivity index (χ1n) is 9.50. The normalized spacial score (nSPS) is 17.7. The van der Waals surface area contributed by atoms with Crippen molar-refractivity contribution in [2.24, 2.45) is 0 Å². The Kier molecular flexibility index (Phi) is 9.05. The van der Waals surface area contributed by atoms with Gasteiger partial charge in [0.1, 0.15) is 16.8 Å². The van der Waals surface area contributed by atoms with E-state index in [1.165, 1.54) is 49.2 Å². The first kappa shape index (κ1) is 22.2. The van der Waals surface area contributed by atoms with Crippen LogP contribution in [-0.2, 0) is 14.8 Å². The quantitative estimate of drug-likeness (QED) is 0.681. The minimum Gasteiger partial charge on any atom is -0.352 e. The van der Waals surface area contributed by atoms with Crippen LogP contribution in [0.5, 0.6) is 0 Å². The Labute approximate surface area is 165 Å². The van der Waals surface area contributed by atoms with E-state index in [-0.39, 0.29) is 11.9 Å². The maximum Gasteiger partial charge on any atom is 0.244 e. The molecule has 0 spiro atoms. The average molecular weight is 417 g/mol. The third-order valence-corrected chi connectivity index (χ3v) is 6.95. The highest BCUT2D eigenvalue weighted by Crippen LogP contribution is 2.18. The van der Waals surface area contributed by atoms with Crippen LogP contribution in [0.2, 0.25) is 0 Å². The van der Waals surface area contributed by atoms with E-state index in [9.17, 15) is 17.6 Å². The molecule has 0 saturated heterocycles. The molecule has 1 aliphatic carbocycles. The van der Waals surface area contributed by atoms with E-state index in [4.69, 9.17) is 0 Å². The van der Waals surface area contributed by atoms with Crippen molar-refractivity contribution in [3.8, 4) is 0 Å². The molecule has 0 radical (unpaired) electrons. The number of amides is 1. The highest BCUT2D eigenvalue weighted by atomic mass is 32.2. The Bertz CT molecular complexity index is 705. The summed E-state index contributed by atoms with van der Waals surface area (Å²) >= 11 is 1.54. The van der Waals surface area contributed by atoms with Gasteiger partial charge in [0.15, 0.2) is 0 Å². The van der Waals surface area contributed by atoms with Crippen LogP contribution < -0.4 is 10.0 Å². The lowest BCUT2D eigenvalue weighted by molar-refractivity contribution is -0.123. The van der Waals surface area contributed by atoms with Gasteiger partial charge in [0.05, 0.1) is 0 Å². The second kappa shape index (κ2) is 11.0. The molecule has 5 nitrogen and oxygen atoms in total. The molecular formula is C19H29FN2O3S2. The van der Waals surface area contributed by atoms with Crippen molar-refractivity contribution in [1.29, 1.82) is 0 Å². The smallest absolute Gasteiger partial charge is 0.244 e. The number of carbonyl (C=O) groups excluding carboxylic acids is 1. The molecule has 1 aromatic carbocycles. The maximum absolute atomic E-state index is 13.9. The number of nitrogens with one attached hydrogen (secondary N) is 2. The van der Waals surface area contributed by atoms with E-state index in [0.29, 0.717) is 12.2 Å². The Morgan fingerprint density at radius 2 is 1.81 bits per heavy atom. The summed E-state index contributed by atoms with van der Waals surface area (Å²) in [4.78, 5) is 12.3. The molecule has 1 atom stereocenters. The maximum atomic E-state index is 13.9. The molecule has 2 N–H and O–H groups in total. The molecule has 8 heteroatoms. The van der Waals surface area contributed by atoms with Gasteiger partial charge in [-0.25, -0.2) is 12.8 Å². The molecule has 1 aliphatic rings. The van der Waals surface area contributed by atoms with Crippen LogP contribution in [-0.4, -0.2) is 38.4 Å². The van der Waals surface area contributed by atoms with Gasteiger partial charge in [-0.15, -0.1) is 0 Å². The lowest BCUT2D eigenvalue weighted by Crippen LogP contribution is -2.50. The molecule has 1 fully saturated rings. The fourth-order valence-electron chi connectivity index (χ4n) is 3.29. The lowest BCUT2D eigenvalue weighted by atomic mass is 9.96. The van der Waals surface area contributed by atoms with E-state index in [2.05, 4.69) is 10.0 Å². The van der Waals surface area contributed by atoms with E-state index >= 15 is 0 Å². The van der Waals surface area contributed by atoms with E-state index in [1.807, 2.05) is 6.26 Å². The van der Waals surface area contributed by atoms with Gasteiger partial charge < -0.3 is 5.32 Å². The summed E-state index contributed by atoms with van der Waals surface area (Å²) in [5.41, 5.74) is 0. The molecule has 0 aromatic heterocycles. The Hall–Kier alpha value is -1.12. The van der Waals surface area contributed by atoms with Crippen LogP contribution in [0.4, 0.5) is 4.39 Å². The molecular weight excluding hydrogens is 387 g/mol. The molecule has 2 rings (SSSR count). The number of sulfonamides is 1. The molecule has 1 aromatic rings. The zero-order valence-corrected chi connectivity index (χ0v) is 17.4. The van der Waals surface area contributed by atoms with Crippen LogP contribution in [0.3, 0.4) is 0 Å². The second-order valence-electron chi connectivity index (χ2n) is 6.94. The van der Waals surface area contributed by atoms with Gasteiger partial charge in [0, 0.05) is 6.04 Å². The summed E-state index contributed by atoms with van der Waals surface area (Å²) in [6.45, 7) is 0. The van der Waals surface area contributed by atoms with Crippen molar-refractivity contribution < 1.29 is 17.6 Å². The van der Waals surface area contributed by atoms with Gasteiger partial charge in [0.25, 0.3) is 0 Å². The topological polar surface area (TPSA) is 75.3 Å². The number of rotatable bonds is 8. The summed E-state index contributed by atoms with van der Waals surface area (Å²) in [7, 11) is -4.11.